The van der Waals surface area contributed by atoms with Crippen LogP contribution in [0.15, 0.2) is 0 Å². The zero-order valence-electron chi connectivity index (χ0n) is 11.7. The van der Waals surface area contributed by atoms with Crippen LogP contribution >= 0.6 is 0 Å². The number of carbonyl (C=O) groups excluding carboxylic acids is 1. The molecule has 0 aromatic carbocycles. The van der Waals surface area contributed by atoms with Crippen molar-refractivity contribution < 1.29 is 14.6 Å². The maximum absolute atomic E-state index is 12.2. The predicted molar refractivity (Wildman–Crippen MR) is 70.1 cm³/mol. The molecule has 1 unspecified atom stereocenters. The van der Waals surface area contributed by atoms with E-state index in [2.05, 4.69) is 6.92 Å². The van der Waals surface area contributed by atoms with Crippen molar-refractivity contribution in [2.75, 3.05) is 19.7 Å². The molecule has 1 saturated heterocycles. The van der Waals surface area contributed by atoms with E-state index in [-0.39, 0.29) is 18.6 Å². The van der Waals surface area contributed by atoms with Gasteiger partial charge in [0.25, 0.3) is 0 Å². The minimum absolute atomic E-state index is 0.0294. The fourth-order valence-corrected chi connectivity index (χ4v) is 2.34. The Morgan fingerprint density at radius 3 is 2.83 bits per heavy atom. The Morgan fingerprint density at radius 2 is 2.28 bits per heavy atom. The monoisotopic (exact) mass is 258 g/mol. The van der Waals surface area contributed by atoms with Gasteiger partial charge in [-0.25, -0.2) is 0 Å². The number of unbranched alkanes of at least 4 members (excludes halogenated alkanes) is 1. The van der Waals surface area contributed by atoms with E-state index in [0.29, 0.717) is 13.1 Å². The lowest BCUT2D eigenvalue weighted by Gasteiger charge is -2.43. The Balaban J connectivity index is 2.61. The Hall–Kier alpha value is -0.650. The highest BCUT2D eigenvalue weighted by molar-refractivity contribution is 5.81. The van der Waals surface area contributed by atoms with Gasteiger partial charge in [-0.1, -0.05) is 19.8 Å². The fraction of sp³-hybridized carbons (Fsp3) is 0.923. The van der Waals surface area contributed by atoms with Gasteiger partial charge in [0.05, 0.1) is 24.4 Å². The Kier molecular flexibility index (Phi) is 5.56. The summed E-state index contributed by atoms with van der Waals surface area (Å²) in [6.07, 6.45) is 2.41. The minimum Gasteiger partial charge on any atom is -0.394 e. The third kappa shape index (κ3) is 4.23. The summed E-state index contributed by atoms with van der Waals surface area (Å²) in [7, 11) is 0. The summed E-state index contributed by atoms with van der Waals surface area (Å²) >= 11 is 0. The number of nitrogens with zero attached hydrogens (tertiary/aromatic N) is 1. The summed E-state index contributed by atoms with van der Waals surface area (Å²) in [5.41, 5.74) is 5.49. The molecule has 0 saturated carbocycles. The van der Waals surface area contributed by atoms with Crippen LogP contribution in [-0.2, 0) is 9.53 Å². The van der Waals surface area contributed by atoms with Crippen LogP contribution < -0.4 is 5.73 Å². The zero-order chi connectivity index (χ0) is 13.8. The average molecular weight is 258 g/mol. The summed E-state index contributed by atoms with van der Waals surface area (Å²) in [5.74, 6) is -0.0294. The van der Waals surface area contributed by atoms with Gasteiger partial charge in [-0.15, -0.1) is 0 Å². The molecule has 0 bridgehead atoms. The first-order valence-corrected chi connectivity index (χ1v) is 6.72. The molecule has 0 radical (unpaired) electrons. The van der Waals surface area contributed by atoms with Gasteiger partial charge >= 0.3 is 0 Å². The number of ether oxygens (including phenoxy) is 1. The molecule has 0 spiro atoms. The molecule has 1 rings (SSSR count). The van der Waals surface area contributed by atoms with Crippen LogP contribution in [0, 0.1) is 0 Å². The SMILES string of the molecule is CCCC[C@H](N)C(=O)N1CC(CO)OC(C)(C)C1. The largest absolute Gasteiger partial charge is 0.394 e. The van der Waals surface area contributed by atoms with Crippen molar-refractivity contribution in [3.63, 3.8) is 0 Å². The van der Waals surface area contributed by atoms with Gasteiger partial charge in [0.15, 0.2) is 0 Å². The molecule has 1 amide bonds. The normalized spacial score (nSPS) is 24.9. The number of amides is 1. The summed E-state index contributed by atoms with van der Waals surface area (Å²) in [6, 6.07) is -0.432. The number of hydrogen-bond acceptors (Lipinski definition) is 4. The molecule has 1 fully saturated rings. The average Bonchev–Trinajstić information content (AvgIpc) is 2.32. The van der Waals surface area contributed by atoms with E-state index in [1.54, 1.807) is 4.90 Å². The molecule has 106 valence electrons. The van der Waals surface area contributed by atoms with Crippen LogP contribution in [0.4, 0.5) is 0 Å². The van der Waals surface area contributed by atoms with E-state index in [4.69, 9.17) is 10.5 Å². The van der Waals surface area contributed by atoms with Crippen LogP contribution in [0.1, 0.15) is 40.0 Å². The third-order valence-corrected chi connectivity index (χ3v) is 3.18. The minimum atomic E-state index is -0.432. The maximum Gasteiger partial charge on any atom is 0.239 e. The van der Waals surface area contributed by atoms with Gasteiger partial charge in [0.2, 0.25) is 5.91 Å². The number of hydrogen-bond donors (Lipinski definition) is 2. The smallest absolute Gasteiger partial charge is 0.239 e. The van der Waals surface area contributed by atoms with Crippen LogP contribution in [0.5, 0.6) is 0 Å². The highest BCUT2D eigenvalue weighted by Crippen LogP contribution is 2.21. The van der Waals surface area contributed by atoms with Gasteiger partial charge in [0.1, 0.15) is 0 Å². The molecule has 3 N–H and O–H groups in total. The predicted octanol–water partition coefficient (Wildman–Crippen LogP) is 0.502. The summed E-state index contributed by atoms with van der Waals surface area (Å²) < 4.78 is 5.68. The molecule has 18 heavy (non-hydrogen) atoms. The first-order chi connectivity index (χ1) is 8.39. The summed E-state index contributed by atoms with van der Waals surface area (Å²) in [4.78, 5) is 13.9. The lowest BCUT2D eigenvalue weighted by Crippen LogP contribution is -2.58. The molecule has 0 aromatic heterocycles. The molecule has 1 aliphatic rings. The van der Waals surface area contributed by atoms with Crippen LogP contribution in [0.3, 0.4) is 0 Å². The molecule has 1 aliphatic heterocycles. The molecular formula is C13H26N2O3. The van der Waals surface area contributed by atoms with Gasteiger partial charge in [-0.3, -0.25) is 4.79 Å². The van der Waals surface area contributed by atoms with E-state index in [1.807, 2.05) is 13.8 Å². The highest BCUT2D eigenvalue weighted by atomic mass is 16.5. The molecule has 5 heteroatoms. The summed E-state index contributed by atoms with van der Waals surface area (Å²) in [5, 5.41) is 9.21. The van der Waals surface area contributed by atoms with Crippen molar-refractivity contribution in [3.8, 4) is 0 Å². The van der Waals surface area contributed by atoms with Crippen molar-refractivity contribution in [1.29, 1.82) is 0 Å². The molecule has 5 nitrogen and oxygen atoms in total. The molecule has 0 aliphatic carbocycles. The molecular weight excluding hydrogens is 232 g/mol. The molecule has 0 aromatic rings. The van der Waals surface area contributed by atoms with Crippen molar-refractivity contribution >= 4 is 5.91 Å². The quantitative estimate of drug-likeness (QED) is 0.753. The van der Waals surface area contributed by atoms with Gasteiger partial charge in [-0.05, 0) is 20.3 Å². The molecule has 1 heterocycles. The Labute approximate surface area is 109 Å². The first kappa shape index (κ1) is 15.4. The number of aliphatic hydroxyl groups is 1. The van der Waals surface area contributed by atoms with Crippen LogP contribution in [0.25, 0.3) is 0 Å². The van der Waals surface area contributed by atoms with Gasteiger partial charge in [0, 0.05) is 13.1 Å². The standard InChI is InChI=1S/C13H26N2O3/c1-4-5-6-11(14)12(17)15-7-10(8-16)18-13(2,3)9-15/h10-11,16H,4-9,14H2,1-3H3/t10?,11-/m0/s1. The van der Waals surface area contributed by atoms with Crippen molar-refractivity contribution in [2.45, 2.75) is 57.8 Å². The van der Waals surface area contributed by atoms with E-state index in [9.17, 15) is 9.90 Å². The fourth-order valence-electron chi connectivity index (χ4n) is 2.34. The second kappa shape index (κ2) is 6.50. The number of aliphatic hydroxyl groups excluding tert-OH is 1. The highest BCUT2D eigenvalue weighted by Gasteiger charge is 2.36. The van der Waals surface area contributed by atoms with E-state index in [1.165, 1.54) is 0 Å². The lowest BCUT2D eigenvalue weighted by molar-refractivity contribution is -0.167. The maximum atomic E-state index is 12.2. The van der Waals surface area contributed by atoms with E-state index >= 15 is 0 Å². The summed E-state index contributed by atoms with van der Waals surface area (Å²) in [6.45, 7) is 6.81. The lowest BCUT2D eigenvalue weighted by atomic mass is 10.0. The van der Waals surface area contributed by atoms with Crippen molar-refractivity contribution in [2.24, 2.45) is 5.73 Å². The van der Waals surface area contributed by atoms with Crippen LogP contribution in [0.2, 0.25) is 0 Å². The van der Waals surface area contributed by atoms with Crippen molar-refractivity contribution in [3.05, 3.63) is 0 Å². The van der Waals surface area contributed by atoms with E-state index < -0.39 is 11.6 Å². The number of morpholine rings is 1. The van der Waals surface area contributed by atoms with Crippen molar-refractivity contribution in [1.82, 2.24) is 4.90 Å². The third-order valence-electron chi connectivity index (χ3n) is 3.18. The Morgan fingerprint density at radius 1 is 1.61 bits per heavy atom. The van der Waals surface area contributed by atoms with Gasteiger partial charge in [-0.2, -0.15) is 0 Å². The van der Waals surface area contributed by atoms with E-state index in [0.717, 1.165) is 19.3 Å². The number of rotatable bonds is 5. The van der Waals surface area contributed by atoms with Gasteiger partial charge < -0.3 is 20.5 Å². The zero-order valence-corrected chi connectivity index (χ0v) is 11.7. The second-order valence-corrected chi connectivity index (χ2v) is 5.65. The second-order valence-electron chi connectivity index (χ2n) is 5.65. The Bertz CT molecular complexity index is 281. The topological polar surface area (TPSA) is 75.8 Å². The molecule has 2 atom stereocenters. The first-order valence-electron chi connectivity index (χ1n) is 6.72. The number of nitrogens with two attached hydrogens (primary N) is 1. The number of carbonyl (C=O) groups is 1. The van der Waals surface area contributed by atoms with Crippen LogP contribution in [-0.4, -0.2) is 53.4 Å².